The van der Waals surface area contributed by atoms with Crippen LogP contribution < -0.4 is 0 Å². The van der Waals surface area contributed by atoms with Crippen LogP contribution in [0.1, 0.15) is 0 Å². The van der Waals surface area contributed by atoms with Crippen LogP contribution in [0, 0.1) is 0 Å². The molecule has 23 heavy (non-hydrogen) atoms. The molecular weight excluding hydrogens is 302 g/mol. The van der Waals surface area contributed by atoms with E-state index in [0.717, 1.165) is 27.7 Å². The zero-order chi connectivity index (χ0) is 15.2. The highest BCUT2D eigenvalue weighted by Crippen LogP contribution is 2.33. The van der Waals surface area contributed by atoms with E-state index in [4.69, 9.17) is 4.98 Å². The van der Waals surface area contributed by atoms with Crippen molar-refractivity contribution in [1.29, 1.82) is 0 Å². The van der Waals surface area contributed by atoms with E-state index in [0.29, 0.717) is 0 Å². The summed E-state index contributed by atoms with van der Waals surface area (Å²) in [6, 6.07) is 16.6. The number of aromatic nitrogens is 3. The number of pyridine rings is 3. The van der Waals surface area contributed by atoms with Crippen molar-refractivity contribution < 1.29 is 0 Å². The molecule has 4 heterocycles. The van der Waals surface area contributed by atoms with E-state index >= 15 is 0 Å². The molecule has 0 atom stereocenters. The first-order valence-corrected chi connectivity index (χ1v) is 8.18. The van der Waals surface area contributed by atoms with Crippen LogP contribution in [0.15, 0.2) is 67.1 Å². The van der Waals surface area contributed by atoms with Gasteiger partial charge in [-0.1, -0.05) is 18.2 Å². The van der Waals surface area contributed by atoms with Gasteiger partial charge in [-0.05, 0) is 30.3 Å². The Morgan fingerprint density at radius 2 is 1.74 bits per heavy atom. The zero-order valence-electron chi connectivity index (χ0n) is 12.1. The first-order chi connectivity index (χ1) is 11.4. The zero-order valence-corrected chi connectivity index (χ0v) is 12.9. The molecule has 108 valence electrons. The highest BCUT2D eigenvalue weighted by Gasteiger charge is 2.09. The van der Waals surface area contributed by atoms with E-state index in [2.05, 4.69) is 40.3 Å². The van der Waals surface area contributed by atoms with E-state index in [1.165, 1.54) is 14.8 Å². The van der Waals surface area contributed by atoms with Crippen molar-refractivity contribution in [2.75, 3.05) is 0 Å². The minimum absolute atomic E-state index is 0.877. The smallest absolute Gasteiger partial charge is 0.0896 e. The average Bonchev–Trinajstić information content (AvgIpc) is 2.99. The van der Waals surface area contributed by atoms with Crippen molar-refractivity contribution >= 4 is 42.4 Å². The van der Waals surface area contributed by atoms with Crippen LogP contribution in [0.4, 0.5) is 0 Å². The van der Waals surface area contributed by atoms with Gasteiger partial charge in [-0.25, -0.2) is 4.98 Å². The Kier molecular flexibility index (Phi) is 2.66. The van der Waals surface area contributed by atoms with E-state index in [9.17, 15) is 0 Å². The lowest BCUT2D eigenvalue weighted by Crippen LogP contribution is -1.88. The molecule has 4 aromatic heterocycles. The third-order valence-electron chi connectivity index (χ3n) is 4.00. The van der Waals surface area contributed by atoms with Crippen molar-refractivity contribution in [2.45, 2.75) is 0 Å². The number of nitrogens with zero attached hydrogens (tertiary/aromatic N) is 3. The van der Waals surface area contributed by atoms with Crippen LogP contribution >= 0.6 is 11.3 Å². The van der Waals surface area contributed by atoms with Gasteiger partial charge in [0, 0.05) is 39.4 Å². The SMILES string of the molecule is c1ccc2c(c1)sc1ccc(-c3cc4cnccc4cn3)nc12. The molecule has 0 spiro atoms. The summed E-state index contributed by atoms with van der Waals surface area (Å²) < 4.78 is 2.47. The van der Waals surface area contributed by atoms with Crippen LogP contribution in [0.5, 0.6) is 0 Å². The predicted molar refractivity (Wildman–Crippen MR) is 95.7 cm³/mol. The number of thiophene rings is 1. The first-order valence-electron chi connectivity index (χ1n) is 7.37. The summed E-state index contributed by atoms with van der Waals surface area (Å²) in [5.41, 5.74) is 2.82. The normalized spacial score (nSPS) is 11.5. The molecule has 0 aliphatic carbocycles. The van der Waals surface area contributed by atoms with Gasteiger partial charge in [0.25, 0.3) is 0 Å². The molecule has 0 aliphatic rings. The number of benzene rings is 1. The lowest BCUT2D eigenvalue weighted by Gasteiger charge is -2.02. The molecule has 0 saturated heterocycles. The van der Waals surface area contributed by atoms with Gasteiger partial charge in [-0.3, -0.25) is 9.97 Å². The van der Waals surface area contributed by atoms with Gasteiger partial charge in [0.15, 0.2) is 0 Å². The molecule has 5 aromatic rings. The molecule has 0 amide bonds. The van der Waals surface area contributed by atoms with Crippen LogP contribution in [-0.2, 0) is 0 Å². The summed E-state index contributed by atoms with van der Waals surface area (Å²) in [6.07, 6.45) is 5.52. The van der Waals surface area contributed by atoms with Gasteiger partial charge < -0.3 is 0 Å². The van der Waals surface area contributed by atoms with E-state index in [1.54, 1.807) is 17.5 Å². The topological polar surface area (TPSA) is 38.7 Å². The van der Waals surface area contributed by atoms with E-state index < -0.39 is 0 Å². The summed E-state index contributed by atoms with van der Waals surface area (Å²) in [4.78, 5) is 13.6. The summed E-state index contributed by atoms with van der Waals surface area (Å²) in [7, 11) is 0. The second-order valence-corrected chi connectivity index (χ2v) is 6.52. The summed E-state index contributed by atoms with van der Waals surface area (Å²) in [5, 5.41) is 3.37. The molecule has 4 heteroatoms. The summed E-state index contributed by atoms with van der Waals surface area (Å²) >= 11 is 1.78. The predicted octanol–water partition coefficient (Wildman–Crippen LogP) is 5.06. The average molecular weight is 313 g/mol. The molecule has 1 aromatic carbocycles. The third-order valence-corrected chi connectivity index (χ3v) is 5.13. The molecular formula is C19H11N3S. The van der Waals surface area contributed by atoms with Crippen LogP contribution in [0.3, 0.4) is 0 Å². The van der Waals surface area contributed by atoms with Crippen molar-refractivity contribution in [1.82, 2.24) is 15.0 Å². The van der Waals surface area contributed by atoms with Crippen LogP contribution in [0.25, 0.3) is 42.5 Å². The minimum atomic E-state index is 0.877. The molecule has 0 fully saturated rings. The fraction of sp³-hybridized carbons (Fsp3) is 0. The highest BCUT2D eigenvalue weighted by molar-refractivity contribution is 7.25. The fourth-order valence-corrected chi connectivity index (χ4v) is 3.90. The Morgan fingerprint density at radius 1 is 0.783 bits per heavy atom. The first kappa shape index (κ1) is 12.7. The van der Waals surface area contributed by atoms with E-state index in [-0.39, 0.29) is 0 Å². The van der Waals surface area contributed by atoms with Crippen molar-refractivity contribution in [3.8, 4) is 11.4 Å². The summed E-state index contributed by atoms with van der Waals surface area (Å²) in [5.74, 6) is 0. The molecule has 0 bridgehead atoms. The number of hydrogen-bond acceptors (Lipinski definition) is 4. The Hall–Kier alpha value is -2.85. The van der Waals surface area contributed by atoms with Gasteiger partial charge in [0.2, 0.25) is 0 Å². The Balaban J connectivity index is 1.76. The fourth-order valence-electron chi connectivity index (χ4n) is 2.85. The molecule has 0 unspecified atom stereocenters. The lowest BCUT2D eigenvalue weighted by molar-refractivity contribution is 1.29. The molecule has 0 radical (unpaired) electrons. The minimum Gasteiger partial charge on any atom is -0.264 e. The molecule has 0 aliphatic heterocycles. The van der Waals surface area contributed by atoms with Gasteiger partial charge in [-0.2, -0.15) is 0 Å². The quantitative estimate of drug-likeness (QED) is 0.434. The molecule has 3 nitrogen and oxygen atoms in total. The number of rotatable bonds is 1. The maximum absolute atomic E-state index is 4.87. The summed E-state index contributed by atoms with van der Waals surface area (Å²) in [6.45, 7) is 0. The monoisotopic (exact) mass is 313 g/mol. The standard InChI is InChI=1S/C19H11N3S/c1-2-4-17-14(3-1)19-18(23-17)6-5-15(22-19)16-9-13-10-20-8-7-12(13)11-21-16/h1-11H. The van der Waals surface area contributed by atoms with Crippen molar-refractivity contribution in [3.63, 3.8) is 0 Å². The largest absolute Gasteiger partial charge is 0.264 e. The maximum atomic E-state index is 4.87. The third kappa shape index (κ3) is 1.99. The molecule has 0 N–H and O–H groups in total. The van der Waals surface area contributed by atoms with Gasteiger partial charge >= 0.3 is 0 Å². The Labute approximate surface area is 136 Å². The lowest BCUT2D eigenvalue weighted by atomic mass is 10.1. The van der Waals surface area contributed by atoms with E-state index in [1.807, 2.05) is 30.6 Å². The van der Waals surface area contributed by atoms with Crippen molar-refractivity contribution in [3.05, 3.63) is 67.1 Å². The Morgan fingerprint density at radius 3 is 2.74 bits per heavy atom. The maximum Gasteiger partial charge on any atom is 0.0896 e. The van der Waals surface area contributed by atoms with Gasteiger partial charge in [0.1, 0.15) is 0 Å². The van der Waals surface area contributed by atoms with Crippen LogP contribution in [0.2, 0.25) is 0 Å². The van der Waals surface area contributed by atoms with Gasteiger partial charge in [-0.15, -0.1) is 11.3 Å². The number of hydrogen-bond donors (Lipinski definition) is 0. The number of fused-ring (bicyclic) bond motifs is 4. The second kappa shape index (κ2) is 4.83. The van der Waals surface area contributed by atoms with Crippen LogP contribution in [-0.4, -0.2) is 15.0 Å². The molecule has 5 rings (SSSR count). The second-order valence-electron chi connectivity index (χ2n) is 5.43. The van der Waals surface area contributed by atoms with Crippen molar-refractivity contribution in [2.24, 2.45) is 0 Å². The highest BCUT2D eigenvalue weighted by atomic mass is 32.1. The van der Waals surface area contributed by atoms with Gasteiger partial charge in [0.05, 0.1) is 21.6 Å². The molecule has 0 saturated carbocycles. The Bertz CT molecular complexity index is 1180.